The number of nitrogens with one attached hydrogen (secondary N) is 14. The zero-order valence-corrected chi connectivity index (χ0v) is 58.0. The van der Waals surface area contributed by atoms with Gasteiger partial charge in [0, 0.05) is 29.9 Å². The molecule has 24 N–H and O–H groups in total. The molecular formula is C64H101N17O20. The predicted molar refractivity (Wildman–Crippen MR) is 360 cm³/mol. The molecule has 0 bridgehead atoms. The van der Waals surface area contributed by atoms with E-state index in [2.05, 4.69) is 74.1 Å². The summed E-state index contributed by atoms with van der Waals surface area (Å²) in [5.74, 6) is -18.5. The Morgan fingerprint density at radius 1 is 0.574 bits per heavy atom. The molecule has 14 atom stereocenters. The van der Waals surface area contributed by atoms with Crippen LogP contribution in [-0.4, -0.2) is 225 Å². The first-order valence-electron chi connectivity index (χ1n) is 33.4. The van der Waals surface area contributed by atoms with Crippen LogP contribution in [0.2, 0.25) is 0 Å². The number of nitrogens with two attached hydrogens (primary N) is 3. The fourth-order valence-electron chi connectivity index (χ4n) is 10.6. The number of para-hydroxylation sites is 1. The molecule has 0 spiro atoms. The van der Waals surface area contributed by atoms with Crippen LogP contribution in [0.25, 0.3) is 10.9 Å². The number of primary amides is 2. The average molecular weight is 1430 g/mol. The Hall–Kier alpha value is -9.88. The molecule has 0 saturated carbocycles. The molecule has 37 heteroatoms. The van der Waals surface area contributed by atoms with Gasteiger partial charge in [-0.05, 0) is 101 Å². The zero-order valence-electron chi connectivity index (χ0n) is 58.0. The number of rotatable bonds is 45. The Kier molecular flexibility index (Phi) is 35.7. The summed E-state index contributed by atoms with van der Waals surface area (Å²) in [7, 11) is 0. The first-order chi connectivity index (χ1) is 47.5. The molecule has 562 valence electrons. The summed E-state index contributed by atoms with van der Waals surface area (Å²) in [5.41, 5.74) is 17.7. The van der Waals surface area contributed by atoms with Gasteiger partial charge in [-0.25, -0.2) is 4.79 Å². The third-order valence-corrected chi connectivity index (χ3v) is 16.5. The number of benzene rings is 1. The van der Waals surface area contributed by atoms with E-state index in [9.17, 15) is 97.1 Å². The summed E-state index contributed by atoms with van der Waals surface area (Å²) in [6.45, 7) is 10.7. The molecule has 1 aromatic heterocycles. The second-order valence-corrected chi connectivity index (χ2v) is 25.7. The number of carbonyl (C=O) groups is 16. The van der Waals surface area contributed by atoms with Gasteiger partial charge < -0.3 is 112 Å². The summed E-state index contributed by atoms with van der Waals surface area (Å²) >= 11 is 0. The average Bonchev–Trinajstić information content (AvgIpc) is 1.73. The molecule has 2 aromatic rings. The van der Waals surface area contributed by atoms with E-state index >= 15 is 0 Å². The quantitative estimate of drug-likeness (QED) is 0.0274. The van der Waals surface area contributed by atoms with E-state index < -0.39 is 211 Å². The molecular weight excluding hydrogens is 1330 g/mol. The number of unbranched alkanes of at least 4 members (excludes halogenated alkanes) is 1. The van der Waals surface area contributed by atoms with Crippen molar-refractivity contribution in [3.05, 3.63) is 36.0 Å². The highest BCUT2D eigenvalue weighted by atomic mass is 16.4. The van der Waals surface area contributed by atoms with Crippen LogP contribution in [0.3, 0.4) is 0 Å². The van der Waals surface area contributed by atoms with E-state index in [1.807, 2.05) is 0 Å². The number of H-pyrrole nitrogens is 1. The van der Waals surface area contributed by atoms with E-state index in [1.54, 1.807) is 72.0 Å². The Bertz CT molecular complexity index is 3250. The smallest absolute Gasteiger partial charge is 0.326 e. The van der Waals surface area contributed by atoms with Crippen molar-refractivity contribution in [1.29, 1.82) is 0 Å². The number of hydrogen-bond acceptors (Lipinski definition) is 20. The second kappa shape index (κ2) is 42.3. The fraction of sp³-hybridized carbons (Fsp3) is 0.625. The first kappa shape index (κ1) is 85.3. The minimum atomic E-state index is -1.89. The zero-order chi connectivity index (χ0) is 76.0. The Balaban J connectivity index is 1.79. The van der Waals surface area contributed by atoms with Gasteiger partial charge in [-0.2, -0.15) is 0 Å². The van der Waals surface area contributed by atoms with E-state index in [1.165, 1.54) is 6.92 Å². The number of aliphatic hydroxyl groups excluding tert-OH is 2. The Morgan fingerprint density at radius 2 is 1.13 bits per heavy atom. The lowest BCUT2D eigenvalue weighted by molar-refractivity contribution is -0.147. The van der Waals surface area contributed by atoms with Crippen LogP contribution in [0.4, 0.5) is 0 Å². The van der Waals surface area contributed by atoms with E-state index in [0.29, 0.717) is 42.3 Å². The largest absolute Gasteiger partial charge is 0.481 e. The van der Waals surface area contributed by atoms with Gasteiger partial charge in [0.15, 0.2) is 0 Å². The van der Waals surface area contributed by atoms with Crippen LogP contribution < -0.4 is 86.3 Å². The molecule has 1 aromatic carbocycles. The van der Waals surface area contributed by atoms with Crippen molar-refractivity contribution >= 4 is 106 Å². The summed E-state index contributed by atoms with van der Waals surface area (Å²) < 4.78 is 0. The van der Waals surface area contributed by atoms with Crippen LogP contribution in [-0.2, 0) is 83.1 Å². The molecule has 3 rings (SSSR count). The maximum atomic E-state index is 14.4. The van der Waals surface area contributed by atoms with Gasteiger partial charge in [-0.15, -0.1) is 0 Å². The highest BCUT2D eigenvalue weighted by Gasteiger charge is 2.39. The second-order valence-electron chi connectivity index (χ2n) is 25.7. The van der Waals surface area contributed by atoms with Crippen molar-refractivity contribution in [3.8, 4) is 0 Å². The van der Waals surface area contributed by atoms with Gasteiger partial charge in [-0.1, -0.05) is 66.2 Å². The summed E-state index contributed by atoms with van der Waals surface area (Å²) in [5, 5.41) is 72.6. The van der Waals surface area contributed by atoms with Gasteiger partial charge in [0.05, 0.1) is 38.1 Å². The molecule has 37 nitrogen and oxygen atoms in total. The summed E-state index contributed by atoms with van der Waals surface area (Å²) in [6, 6.07) is -11.1. The van der Waals surface area contributed by atoms with Crippen LogP contribution in [0.15, 0.2) is 30.5 Å². The lowest BCUT2D eigenvalue weighted by Crippen LogP contribution is -2.63. The highest BCUT2D eigenvalue weighted by Crippen LogP contribution is 2.20. The normalized spacial score (nSPS) is 16.6. The van der Waals surface area contributed by atoms with Gasteiger partial charge in [0.1, 0.15) is 66.5 Å². The van der Waals surface area contributed by atoms with Crippen molar-refractivity contribution in [2.45, 2.75) is 211 Å². The van der Waals surface area contributed by atoms with Crippen molar-refractivity contribution in [2.75, 3.05) is 26.2 Å². The van der Waals surface area contributed by atoms with Crippen LogP contribution in [0, 0.1) is 17.8 Å². The number of aromatic amines is 1. The van der Waals surface area contributed by atoms with Gasteiger partial charge in [0.25, 0.3) is 0 Å². The minimum absolute atomic E-state index is 0.0746. The fourth-order valence-corrected chi connectivity index (χ4v) is 10.6. The Morgan fingerprint density at radius 3 is 1.70 bits per heavy atom. The summed E-state index contributed by atoms with van der Waals surface area (Å²) in [6.07, 6.45) is -0.795. The molecule has 14 amide bonds. The molecule has 0 radical (unpaired) electrons. The molecule has 1 aliphatic rings. The summed E-state index contributed by atoms with van der Waals surface area (Å²) in [4.78, 5) is 215. The number of carboxylic acids is 2. The molecule has 0 aliphatic carbocycles. The molecule has 2 heterocycles. The maximum absolute atomic E-state index is 14.4. The first-order valence-corrected chi connectivity index (χ1v) is 33.4. The van der Waals surface area contributed by atoms with Gasteiger partial charge in [0.2, 0.25) is 82.7 Å². The highest BCUT2D eigenvalue weighted by molar-refractivity contribution is 6.00. The SMILES string of the molecule is CC[C@H](C)[C@H](NC(=O)[C@H](CO)NC(=O)[C@@H](NC(=O)[C@H](CC(C)C)NC(=O)CNC(=O)[C@H](CC(N)=O)NC(=O)[C@@H](NC(=O)[C@H](CCC(N)=O)NC(=O)[C@@H]1CCCN1)C(C)C)[C@@H](C)O)C(=O)N[C@@H](CCCCN)C(=O)N[C@@H](Cc1c[nH]c2ccccc12)C(=O)N[C@@H](C)C(=O)N[C@@H](CC(=O)O)C(=O)O. The molecule has 1 aliphatic heterocycles. The monoisotopic (exact) mass is 1430 g/mol. The number of carboxylic acid groups (broad SMARTS) is 2. The van der Waals surface area contributed by atoms with Crippen molar-refractivity contribution in [3.63, 3.8) is 0 Å². The minimum Gasteiger partial charge on any atom is -0.481 e. The number of carbonyl (C=O) groups excluding carboxylic acids is 14. The van der Waals surface area contributed by atoms with Crippen molar-refractivity contribution in [2.24, 2.45) is 35.0 Å². The number of aliphatic hydroxyl groups is 2. The predicted octanol–water partition coefficient (Wildman–Crippen LogP) is -6.12. The molecule has 101 heavy (non-hydrogen) atoms. The number of hydrogen-bond donors (Lipinski definition) is 21. The lowest BCUT2D eigenvalue weighted by atomic mass is 9.96. The lowest BCUT2D eigenvalue weighted by Gasteiger charge is -2.30. The third-order valence-electron chi connectivity index (χ3n) is 16.5. The van der Waals surface area contributed by atoms with Crippen LogP contribution in [0.5, 0.6) is 0 Å². The van der Waals surface area contributed by atoms with Crippen molar-refractivity contribution < 1.29 is 97.1 Å². The topological polar surface area (TPSA) is 604 Å². The van der Waals surface area contributed by atoms with E-state index in [-0.39, 0.29) is 57.4 Å². The van der Waals surface area contributed by atoms with Gasteiger partial charge in [-0.3, -0.25) is 71.9 Å². The number of fused-ring (bicyclic) bond motifs is 1. The third kappa shape index (κ3) is 28.7. The van der Waals surface area contributed by atoms with Gasteiger partial charge >= 0.3 is 11.9 Å². The maximum Gasteiger partial charge on any atom is 0.326 e. The van der Waals surface area contributed by atoms with Crippen LogP contribution in [0.1, 0.15) is 132 Å². The number of aromatic nitrogens is 1. The van der Waals surface area contributed by atoms with Crippen LogP contribution >= 0.6 is 0 Å². The molecule has 1 fully saturated rings. The number of amides is 14. The molecule has 0 unspecified atom stereocenters. The Labute approximate surface area is 583 Å². The number of aliphatic carboxylic acids is 2. The standard InChI is InChI=1S/C64H101N17O20/c1-9-32(6)51(62(98)74-39(17-12-13-21-65)56(92)75-42(24-35-27-69-37-16-11-10-15-36(35)37)58(94)71-33(7)53(89)77-44(64(100)101)26-49(87)88)80-60(96)45(29-82)78-63(99)52(34(8)83)81-59(95)41(23-30(2)3)72-48(86)28-70-54(90)43(25-47(67)85)76-61(97)50(31(4)5)79-57(93)40(19-20-46(66)84)73-55(91)38-18-14-22-68-38/h10-11,15-16,27,30-34,38-45,50-52,68-69,82-83H,9,12-14,17-26,28-29,65H2,1-8H3,(H2,66,84)(H2,67,85)(H,70,90)(H,71,94)(H,72,86)(H,73,91)(H,74,98)(H,75,92)(H,76,97)(H,77,89)(H,78,99)(H,79,93)(H,80,96)(H,81,95)(H,87,88)(H,100,101)/t32-,33-,34+,38-,39-,40-,41-,42-,43-,44-,45-,50-,51-,52-/m0/s1. The van der Waals surface area contributed by atoms with E-state index in [0.717, 1.165) is 6.92 Å². The molecule has 1 saturated heterocycles. The van der Waals surface area contributed by atoms with Crippen molar-refractivity contribution in [1.82, 2.24) is 74.1 Å². The van der Waals surface area contributed by atoms with E-state index in [4.69, 9.17) is 17.2 Å².